The molecular formula is C65H96O35S. The van der Waals surface area contributed by atoms with Gasteiger partial charge in [-0.05, 0) is 87.8 Å². The fourth-order valence-corrected chi connectivity index (χ4v) is 16.1. The zero-order valence-electron chi connectivity index (χ0n) is 59.0. The molecular weight excluding hydrogens is 1370 g/mol. The Balaban J connectivity index is 2.23. The van der Waals surface area contributed by atoms with Crippen LogP contribution in [0.25, 0.3) is 0 Å². The van der Waals surface area contributed by atoms with Crippen molar-refractivity contribution in [3.05, 3.63) is 0 Å². The number of ether oxygens (including phenoxy) is 11. The van der Waals surface area contributed by atoms with Crippen LogP contribution in [-0.2, 0) is 119 Å². The van der Waals surface area contributed by atoms with Gasteiger partial charge in [0.15, 0.2) is 122 Å². The number of ketones is 9. The molecule has 4 fully saturated rings. The molecule has 4 rings (SSSR count). The van der Waals surface area contributed by atoms with Crippen LogP contribution in [0.4, 0.5) is 0 Å². The number of aliphatic hydroxyl groups excluding tert-OH is 2. The lowest BCUT2D eigenvalue weighted by molar-refractivity contribution is -0.429. The highest BCUT2D eigenvalue weighted by Crippen LogP contribution is 2.64. The van der Waals surface area contributed by atoms with Crippen molar-refractivity contribution in [2.24, 2.45) is 0 Å². The Morgan fingerprint density at radius 1 is 0.436 bits per heavy atom. The van der Waals surface area contributed by atoms with Gasteiger partial charge in [0.25, 0.3) is 0 Å². The van der Waals surface area contributed by atoms with Gasteiger partial charge in [-0.15, -0.1) is 11.8 Å². The molecule has 2 unspecified atom stereocenters. The van der Waals surface area contributed by atoms with Crippen molar-refractivity contribution in [1.82, 2.24) is 0 Å². The maximum atomic E-state index is 15.4. The minimum atomic E-state index is -5.10. The van der Waals surface area contributed by atoms with Gasteiger partial charge >= 0.3 is 29.8 Å². The molecule has 0 aliphatic carbocycles. The third-order valence-corrected chi connectivity index (χ3v) is 21.1. The summed E-state index contributed by atoms with van der Waals surface area (Å²) < 4.78 is 58.2. The molecule has 0 amide bonds. The van der Waals surface area contributed by atoms with E-state index in [0.717, 1.165) is 47.0 Å². The maximum absolute atomic E-state index is 15.4. The Morgan fingerprint density at radius 3 is 1.28 bits per heavy atom. The number of rotatable bonds is 36. The average Bonchev–Trinajstić information content (AvgIpc) is 0.649. The Labute approximate surface area is 585 Å². The normalized spacial score (nSPS) is 36.8. The number of Topliss-reactive ketones (excluding diaryl/α,β-unsaturated/α-hetero) is 9. The van der Waals surface area contributed by atoms with Gasteiger partial charge in [-0.2, -0.15) is 0 Å². The summed E-state index contributed by atoms with van der Waals surface area (Å²) >= 11 is 0.126. The lowest BCUT2D eigenvalue weighted by Gasteiger charge is -2.70. The molecule has 0 spiro atoms. The quantitative estimate of drug-likeness (QED) is 0.0168. The summed E-state index contributed by atoms with van der Waals surface area (Å²) in [6.07, 6.45) is -32.3. The smallest absolute Gasteiger partial charge is 0.305 e. The predicted molar refractivity (Wildman–Crippen MR) is 337 cm³/mol. The highest BCUT2D eigenvalue weighted by Gasteiger charge is 2.92. The molecule has 4 saturated heterocycles. The molecule has 0 aromatic rings. The van der Waals surface area contributed by atoms with E-state index >= 15 is 14.4 Å². The second-order valence-electron chi connectivity index (χ2n) is 25.9. The fourth-order valence-electron chi connectivity index (χ4n) is 14.4. The summed E-state index contributed by atoms with van der Waals surface area (Å²) in [5, 5.41) is 134. The predicted octanol–water partition coefficient (Wildman–Crippen LogP) is -3.20. The third-order valence-electron chi connectivity index (χ3n) is 19.2. The van der Waals surface area contributed by atoms with Gasteiger partial charge in [0.2, 0.25) is 0 Å². The van der Waals surface area contributed by atoms with E-state index in [0.29, 0.717) is 60.3 Å². The summed E-state index contributed by atoms with van der Waals surface area (Å²) in [5.74, 6) is -22.5. The second-order valence-corrected chi connectivity index (χ2v) is 27.2. The van der Waals surface area contributed by atoms with E-state index < -0.39 is 231 Å². The average molecular weight is 1470 g/mol. The first-order valence-corrected chi connectivity index (χ1v) is 33.5. The van der Waals surface area contributed by atoms with Crippen molar-refractivity contribution < 1.29 is 170 Å². The van der Waals surface area contributed by atoms with Gasteiger partial charge < -0.3 is 103 Å². The van der Waals surface area contributed by atoms with Crippen molar-refractivity contribution in [3.63, 3.8) is 0 Å². The van der Waals surface area contributed by atoms with Gasteiger partial charge in [0.05, 0.1) is 13.7 Å². The fraction of sp³-hybridized carbons (Fsp3) is 0.785. The Bertz CT molecular complexity index is 3160. The Kier molecular flexibility index (Phi) is 29.4. The first kappa shape index (κ1) is 87.5. The molecule has 0 bridgehead atoms. The van der Waals surface area contributed by atoms with Crippen LogP contribution in [0.2, 0.25) is 0 Å². The molecule has 0 aromatic carbocycles. The standard InChI is InChI=1S/C65H96O35S/c1-16-91-56-60(85,35(7)71)65(38(10)74,101-27-25-23-21-19-17-18-20-22-24-26-45(79)90-15)62(87,52(100-56)47(81)31(3)67)55-59(84,34(6)70)64(89,37(9)73)61(86,51(99-55)46(80)30(2)66)54-58(83,33(5)69)63(88,36(8)72)57(82,32(4)68)44(98-54)29-93-53-50(96-42(14)78)49(95-41(13)77)48(94-40(12)76)43(97-53)28-92-39(11)75/h43-44,46-56,80-89H,16-29H2,1-15H3/t43-,44-,46?,47?,48-,49+,50-,51-,52-,53-,54-,55-,56+,57-,58+,59+,60+,61+,62+,63+,64-,65-/m1/s1. The minimum absolute atomic E-state index is 0.0405. The van der Waals surface area contributed by atoms with Gasteiger partial charge in [-0.3, -0.25) is 67.1 Å². The van der Waals surface area contributed by atoms with Crippen LogP contribution >= 0.6 is 11.8 Å². The van der Waals surface area contributed by atoms with Crippen LogP contribution in [0, 0.1) is 0 Å². The number of carbonyl (C=O) groups is 14. The van der Waals surface area contributed by atoms with E-state index in [9.17, 15) is 104 Å². The Hall–Kier alpha value is -5.91. The number of aliphatic hydroxyl groups is 10. The van der Waals surface area contributed by atoms with Crippen LogP contribution in [-0.4, -0.2) is 295 Å². The molecule has 0 saturated carbocycles. The molecule has 35 nitrogen and oxygen atoms in total. The molecule has 10 N–H and O–H groups in total. The summed E-state index contributed by atoms with van der Waals surface area (Å²) in [5.41, 5.74) is -36.9. The zero-order chi connectivity index (χ0) is 77.5. The van der Waals surface area contributed by atoms with Crippen molar-refractivity contribution in [2.45, 2.75) is 290 Å². The summed E-state index contributed by atoms with van der Waals surface area (Å²) in [4.78, 5) is 194. The molecule has 36 heteroatoms. The van der Waals surface area contributed by atoms with Crippen LogP contribution in [0.3, 0.4) is 0 Å². The summed E-state index contributed by atoms with van der Waals surface area (Å²) in [6, 6.07) is 0. The number of unbranched alkanes of at least 4 members (excludes halogenated alkanes) is 8. The highest BCUT2D eigenvalue weighted by atomic mass is 32.2. The largest absolute Gasteiger partial charge is 0.469 e. The maximum Gasteiger partial charge on any atom is 0.305 e. The number of hydrogen-bond donors (Lipinski definition) is 10. The first-order valence-electron chi connectivity index (χ1n) is 32.5. The van der Waals surface area contributed by atoms with E-state index in [1.807, 2.05) is 0 Å². The molecule has 0 aromatic heterocycles. The summed E-state index contributed by atoms with van der Waals surface area (Å²) in [7, 11) is 1.28. The molecule has 101 heavy (non-hydrogen) atoms. The van der Waals surface area contributed by atoms with Gasteiger partial charge in [-0.1, -0.05) is 44.9 Å². The third kappa shape index (κ3) is 15.2. The SMILES string of the molecule is CCO[C@H]1O[C@H](C(O)C(C)=O)[C@](O)([C@@H]2O[C@H](C(O)C(C)=O)[C@](O)([C@@H]3O[C@H](CO[C@@H]4O[C@H](COC(C)=O)[C@@H](OC(C)=O)[C@H](OC(C)=O)[C@H]4OC(C)=O)[C@](O)(C(C)=O)[C@@](O)(C(C)=O)[C@]3(O)C(C)=O)[C@@](O)(C(C)=O)[C@]2(O)C(C)=O)[C@@](SCCCCCCCCCCCC(=O)OC)(C(C)=O)[C@]1(O)C(C)=O. The van der Waals surface area contributed by atoms with Crippen molar-refractivity contribution >= 4 is 93.7 Å². The number of esters is 5. The van der Waals surface area contributed by atoms with Gasteiger partial charge in [0, 0.05) is 40.7 Å². The van der Waals surface area contributed by atoms with Crippen LogP contribution in [0.1, 0.15) is 161 Å². The van der Waals surface area contributed by atoms with E-state index in [2.05, 4.69) is 4.74 Å². The van der Waals surface area contributed by atoms with Crippen LogP contribution < -0.4 is 0 Å². The van der Waals surface area contributed by atoms with E-state index in [-0.39, 0.29) is 64.7 Å². The monoisotopic (exact) mass is 1470 g/mol. The van der Waals surface area contributed by atoms with Crippen molar-refractivity contribution in [3.8, 4) is 0 Å². The number of thioether (sulfide) groups is 1. The second kappa shape index (κ2) is 33.9. The van der Waals surface area contributed by atoms with Gasteiger partial charge in [-0.25, -0.2) is 0 Å². The molecule has 572 valence electrons. The number of hydrogen-bond acceptors (Lipinski definition) is 36. The van der Waals surface area contributed by atoms with E-state index in [1.54, 1.807) is 0 Å². The van der Waals surface area contributed by atoms with Gasteiger partial charge in [0.1, 0.15) is 65.8 Å². The highest BCUT2D eigenvalue weighted by molar-refractivity contribution is 8.01. The molecule has 4 aliphatic heterocycles. The van der Waals surface area contributed by atoms with Crippen molar-refractivity contribution in [2.75, 3.05) is 32.7 Å². The lowest BCUT2D eigenvalue weighted by atomic mass is 9.48. The number of methoxy groups -OCH3 is 1. The minimum Gasteiger partial charge on any atom is -0.469 e. The summed E-state index contributed by atoms with van der Waals surface area (Å²) in [6.45, 7) is 5.04. The zero-order valence-corrected chi connectivity index (χ0v) is 59.8. The lowest BCUT2D eigenvalue weighted by Crippen LogP contribution is -2.98. The molecule has 0 radical (unpaired) electrons. The topological polar surface area (TPSA) is 543 Å². The Morgan fingerprint density at radius 2 is 0.861 bits per heavy atom. The van der Waals surface area contributed by atoms with E-state index in [4.69, 9.17) is 47.4 Å². The van der Waals surface area contributed by atoms with Crippen LogP contribution in [0.15, 0.2) is 0 Å². The van der Waals surface area contributed by atoms with Crippen molar-refractivity contribution in [1.29, 1.82) is 0 Å². The first-order chi connectivity index (χ1) is 46.6. The molecule has 22 atom stereocenters. The number of carbonyl (C=O) groups excluding carboxylic acids is 14. The van der Waals surface area contributed by atoms with E-state index in [1.165, 1.54) is 14.0 Å². The van der Waals surface area contributed by atoms with Crippen LogP contribution in [0.5, 0.6) is 0 Å². The molecule has 4 heterocycles. The molecule has 4 aliphatic rings.